The van der Waals surface area contributed by atoms with Gasteiger partial charge < -0.3 is 15.5 Å². The highest BCUT2D eigenvalue weighted by Gasteiger charge is 2.31. The fourth-order valence-electron chi connectivity index (χ4n) is 2.52. The van der Waals surface area contributed by atoms with E-state index in [4.69, 9.17) is 5.73 Å². The Hall–Kier alpha value is -1.27. The quantitative estimate of drug-likeness (QED) is 0.906. The number of halogens is 3. The molecule has 1 heterocycles. The zero-order chi connectivity index (χ0) is 14.8. The van der Waals surface area contributed by atoms with E-state index in [-0.39, 0.29) is 6.54 Å². The van der Waals surface area contributed by atoms with E-state index >= 15 is 0 Å². The summed E-state index contributed by atoms with van der Waals surface area (Å²) in [6.07, 6.45) is -3.32. The monoisotopic (exact) mass is 287 g/mol. The Morgan fingerprint density at radius 3 is 2.55 bits per heavy atom. The van der Waals surface area contributed by atoms with Crippen molar-refractivity contribution in [3.63, 3.8) is 0 Å². The van der Waals surface area contributed by atoms with Gasteiger partial charge in [0.05, 0.1) is 5.56 Å². The molecule has 0 amide bonds. The van der Waals surface area contributed by atoms with Crippen LogP contribution in [0, 0.1) is 0 Å². The molecule has 112 valence electrons. The van der Waals surface area contributed by atoms with Crippen LogP contribution in [0.1, 0.15) is 17.5 Å². The van der Waals surface area contributed by atoms with Crippen molar-refractivity contribution in [2.45, 2.75) is 19.1 Å². The van der Waals surface area contributed by atoms with Gasteiger partial charge in [-0.05, 0) is 43.8 Å². The van der Waals surface area contributed by atoms with Crippen molar-refractivity contribution in [1.82, 2.24) is 4.90 Å². The maximum atomic E-state index is 12.7. The molecule has 0 atom stereocenters. The summed E-state index contributed by atoms with van der Waals surface area (Å²) in [5.74, 6) is 0. The lowest BCUT2D eigenvalue weighted by molar-refractivity contribution is -0.137. The second-order valence-electron chi connectivity index (χ2n) is 5.19. The molecular weight excluding hydrogens is 267 g/mol. The van der Waals surface area contributed by atoms with E-state index in [1.54, 1.807) is 6.07 Å². The van der Waals surface area contributed by atoms with Gasteiger partial charge in [0.15, 0.2) is 0 Å². The van der Waals surface area contributed by atoms with Crippen LogP contribution >= 0.6 is 0 Å². The molecule has 3 nitrogen and oxygen atoms in total. The van der Waals surface area contributed by atoms with Gasteiger partial charge >= 0.3 is 6.18 Å². The molecule has 0 aromatic heterocycles. The molecule has 0 spiro atoms. The Morgan fingerprint density at radius 1 is 1.15 bits per heavy atom. The third kappa shape index (κ3) is 3.43. The van der Waals surface area contributed by atoms with E-state index < -0.39 is 11.7 Å². The van der Waals surface area contributed by atoms with Crippen LogP contribution in [-0.4, -0.2) is 38.1 Å². The number of hydrogen-bond donors (Lipinski definition) is 1. The molecule has 6 heteroatoms. The third-order valence-corrected chi connectivity index (χ3v) is 3.69. The van der Waals surface area contributed by atoms with E-state index in [1.807, 2.05) is 0 Å². The first-order valence-corrected chi connectivity index (χ1v) is 6.75. The molecule has 1 aromatic carbocycles. The van der Waals surface area contributed by atoms with Crippen molar-refractivity contribution in [3.05, 3.63) is 29.3 Å². The molecule has 0 unspecified atom stereocenters. The second kappa shape index (κ2) is 6.01. The molecule has 1 fully saturated rings. The van der Waals surface area contributed by atoms with Crippen LogP contribution in [0.5, 0.6) is 0 Å². The van der Waals surface area contributed by atoms with Gasteiger partial charge in [0.25, 0.3) is 0 Å². The van der Waals surface area contributed by atoms with Gasteiger partial charge in [-0.1, -0.05) is 0 Å². The summed E-state index contributed by atoms with van der Waals surface area (Å²) >= 11 is 0. The minimum absolute atomic E-state index is 0.117. The molecule has 0 aliphatic carbocycles. The van der Waals surface area contributed by atoms with Crippen LogP contribution in [0.3, 0.4) is 0 Å². The van der Waals surface area contributed by atoms with Crippen LogP contribution in [-0.2, 0) is 12.7 Å². The predicted octanol–water partition coefficient (Wildman–Crippen LogP) is 2.31. The SMILES string of the molecule is CN1CCCN(c2ccc(C(F)(F)F)cc2CN)CC1. The van der Waals surface area contributed by atoms with E-state index in [0.717, 1.165) is 44.4 Å². The number of likely N-dealkylation sites (N-methyl/N-ethyl adjacent to an activating group) is 1. The number of hydrogen-bond acceptors (Lipinski definition) is 3. The Kier molecular flexibility index (Phi) is 4.55. The Morgan fingerprint density at radius 2 is 1.90 bits per heavy atom. The van der Waals surface area contributed by atoms with Gasteiger partial charge in [0, 0.05) is 31.9 Å². The van der Waals surface area contributed by atoms with Crippen LogP contribution in [0.15, 0.2) is 18.2 Å². The number of rotatable bonds is 2. The number of anilines is 1. The number of alkyl halides is 3. The van der Waals surface area contributed by atoms with Crippen LogP contribution in [0.4, 0.5) is 18.9 Å². The van der Waals surface area contributed by atoms with Gasteiger partial charge in [-0.15, -0.1) is 0 Å². The molecular formula is C14H20F3N3. The minimum atomic E-state index is -4.32. The third-order valence-electron chi connectivity index (χ3n) is 3.69. The van der Waals surface area contributed by atoms with E-state index in [9.17, 15) is 13.2 Å². The fraction of sp³-hybridized carbons (Fsp3) is 0.571. The summed E-state index contributed by atoms with van der Waals surface area (Å²) in [5.41, 5.74) is 6.39. The number of benzene rings is 1. The average Bonchev–Trinajstić information content (AvgIpc) is 2.62. The zero-order valence-electron chi connectivity index (χ0n) is 11.6. The van der Waals surface area contributed by atoms with Gasteiger partial charge in [-0.3, -0.25) is 0 Å². The number of nitrogens with zero attached hydrogens (tertiary/aromatic N) is 2. The molecule has 1 saturated heterocycles. The largest absolute Gasteiger partial charge is 0.416 e. The van der Waals surface area contributed by atoms with Gasteiger partial charge in [0.1, 0.15) is 0 Å². The fourth-order valence-corrected chi connectivity index (χ4v) is 2.52. The highest BCUT2D eigenvalue weighted by molar-refractivity contribution is 5.55. The Balaban J connectivity index is 2.27. The lowest BCUT2D eigenvalue weighted by Gasteiger charge is -2.26. The summed E-state index contributed by atoms with van der Waals surface area (Å²) in [4.78, 5) is 4.36. The molecule has 0 saturated carbocycles. The van der Waals surface area contributed by atoms with Crippen LogP contribution in [0.25, 0.3) is 0 Å². The van der Waals surface area contributed by atoms with Crippen molar-refractivity contribution < 1.29 is 13.2 Å². The van der Waals surface area contributed by atoms with Crippen molar-refractivity contribution in [2.75, 3.05) is 38.1 Å². The highest BCUT2D eigenvalue weighted by atomic mass is 19.4. The minimum Gasteiger partial charge on any atom is -0.370 e. The van der Waals surface area contributed by atoms with Gasteiger partial charge in [0.2, 0.25) is 0 Å². The predicted molar refractivity (Wildman–Crippen MR) is 73.7 cm³/mol. The molecule has 1 aliphatic heterocycles. The maximum absolute atomic E-state index is 12.7. The van der Waals surface area contributed by atoms with Crippen LogP contribution in [0.2, 0.25) is 0 Å². The number of nitrogens with two attached hydrogens (primary N) is 1. The van der Waals surface area contributed by atoms with E-state index in [0.29, 0.717) is 5.56 Å². The lowest BCUT2D eigenvalue weighted by atomic mass is 10.1. The molecule has 2 rings (SSSR count). The topological polar surface area (TPSA) is 32.5 Å². The van der Waals surface area contributed by atoms with Crippen molar-refractivity contribution in [2.24, 2.45) is 5.73 Å². The Bertz CT molecular complexity index is 459. The van der Waals surface area contributed by atoms with Crippen molar-refractivity contribution in [3.8, 4) is 0 Å². The first-order valence-electron chi connectivity index (χ1n) is 6.75. The van der Waals surface area contributed by atoms with E-state index in [2.05, 4.69) is 16.8 Å². The normalized spacial score (nSPS) is 18.1. The van der Waals surface area contributed by atoms with Gasteiger partial charge in [-0.25, -0.2) is 0 Å². The molecule has 2 N–H and O–H groups in total. The maximum Gasteiger partial charge on any atom is 0.416 e. The average molecular weight is 287 g/mol. The summed E-state index contributed by atoms with van der Waals surface area (Å²) in [6.45, 7) is 3.70. The van der Waals surface area contributed by atoms with Crippen molar-refractivity contribution in [1.29, 1.82) is 0 Å². The summed E-state index contributed by atoms with van der Waals surface area (Å²) in [6, 6.07) is 3.86. The molecule has 20 heavy (non-hydrogen) atoms. The van der Waals surface area contributed by atoms with Gasteiger partial charge in [-0.2, -0.15) is 13.2 Å². The first-order chi connectivity index (χ1) is 9.41. The standard InChI is InChI=1S/C14H20F3N3/c1-19-5-2-6-20(8-7-19)13-4-3-12(14(15,16)17)9-11(13)10-18/h3-4,9H,2,5-8,10,18H2,1H3. The van der Waals surface area contributed by atoms with Crippen LogP contribution < -0.4 is 10.6 Å². The molecule has 1 aliphatic rings. The summed E-state index contributed by atoms with van der Waals surface area (Å²) in [5, 5.41) is 0. The smallest absolute Gasteiger partial charge is 0.370 e. The molecule has 0 radical (unpaired) electrons. The molecule has 1 aromatic rings. The molecule has 0 bridgehead atoms. The van der Waals surface area contributed by atoms with E-state index in [1.165, 1.54) is 6.07 Å². The second-order valence-corrected chi connectivity index (χ2v) is 5.19. The summed E-state index contributed by atoms with van der Waals surface area (Å²) in [7, 11) is 2.06. The van der Waals surface area contributed by atoms with Crippen molar-refractivity contribution >= 4 is 5.69 Å². The summed E-state index contributed by atoms with van der Waals surface area (Å²) < 4.78 is 38.2. The Labute approximate surface area is 117 Å². The first kappa shape index (κ1) is 15.1. The lowest BCUT2D eigenvalue weighted by Crippen LogP contribution is -2.30. The highest BCUT2D eigenvalue weighted by Crippen LogP contribution is 2.33. The zero-order valence-corrected chi connectivity index (χ0v) is 11.6.